The molecule has 0 saturated carbocycles. The van der Waals surface area contributed by atoms with E-state index in [0.717, 1.165) is 18.8 Å². The molecule has 0 aliphatic heterocycles. The second-order valence-corrected chi connectivity index (χ2v) is 4.93. The summed E-state index contributed by atoms with van der Waals surface area (Å²) < 4.78 is 2.25. The third kappa shape index (κ3) is 3.20. The van der Waals surface area contributed by atoms with Crippen LogP contribution in [0.5, 0.6) is 0 Å². The smallest absolute Gasteiger partial charge is 0.0648 e. The minimum Gasteiger partial charge on any atom is -0.344 e. The lowest BCUT2D eigenvalue weighted by molar-refractivity contribution is 0.563. The largest absolute Gasteiger partial charge is 0.344 e. The van der Waals surface area contributed by atoms with Gasteiger partial charge in [0.15, 0.2) is 0 Å². The average molecular weight is 243 g/mol. The molecule has 0 atom stereocenters. The van der Waals surface area contributed by atoms with E-state index in [1.807, 2.05) is 12.3 Å². The molecule has 0 aromatic carbocycles. The number of pyridine rings is 1. The van der Waals surface area contributed by atoms with Crippen LogP contribution in [0.2, 0.25) is 0 Å². The van der Waals surface area contributed by atoms with Crippen molar-refractivity contribution < 1.29 is 0 Å². The van der Waals surface area contributed by atoms with Crippen LogP contribution in [0.25, 0.3) is 0 Å². The van der Waals surface area contributed by atoms with Gasteiger partial charge in [-0.3, -0.25) is 4.98 Å². The highest BCUT2D eigenvalue weighted by Gasteiger charge is 2.05. The fourth-order valence-electron chi connectivity index (χ4n) is 1.92. The van der Waals surface area contributed by atoms with Crippen LogP contribution >= 0.6 is 0 Å². The maximum absolute atomic E-state index is 4.45. The summed E-state index contributed by atoms with van der Waals surface area (Å²) in [5, 5.41) is 3.45. The van der Waals surface area contributed by atoms with Gasteiger partial charge in [-0.05, 0) is 30.7 Å². The monoisotopic (exact) mass is 243 g/mol. The number of aromatic nitrogens is 2. The van der Waals surface area contributed by atoms with Crippen molar-refractivity contribution in [2.75, 3.05) is 0 Å². The molecular formula is C15H21N3. The zero-order valence-electron chi connectivity index (χ0n) is 11.4. The highest BCUT2D eigenvalue weighted by Crippen LogP contribution is 2.09. The molecule has 0 radical (unpaired) electrons. The van der Waals surface area contributed by atoms with Gasteiger partial charge in [-0.2, -0.15) is 0 Å². The van der Waals surface area contributed by atoms with Crippen LogP contribution in [-0.2, 0) is 13.1 Å². The Morgan fingerprint density at radius 3 is 2.83 bits per heavy atom. The Bertz CT molecular complexity index is 500. The van der Waals surface area contributed by atoms with Crippen molar-refractivity contribution in [1.82, 2.24) is 14.9 Å². The molecule has 3 heteroatoms. The van der Waals surface area contributed by atoms with Crippen molar-refractivity contribution >= 4 is 0 Å². The standard InChI is InChI=1S/C15H21N3/c1-12(2)17-10-14-7-5-9-18(14)11-15-13(3)6-4-8-16-15/h4-9,12,17H,10-11H2,1-3H3. The molecule has 3 nitrogen and oxygen atoms in total. The Morgan fingerprint density at radius 1 is 1.28 bits per heavy atom. The van der Waals surface area contributed by atoms with Crippen LogP contribution in [0.1, 0.15) is 30.8 Å². The van der Waals surface area contributed by atoms with Crippen LogP contribution in [-0.4, -0.2) is 15.6 Å². The van der Waals surface area contributed by atoms with Gasteiger partial charge in [-0.1, -0.05) is 19.9 Å². The van der Waals surface area contributed by atoms with Crippen molar-refractivity contribution in [2.24, 2.45) is 0 Å². The third-order valence-corrected chi connectivity index (χ3v) is 3.05. The predicted octanol–water partition coefficient (Wildman–Crippen LogP) is 2.74. The van der Waals surface area contributed by atoms with Crippen molar-refractivity contribution in [3.63, 3.8) is 0 Å². The maximum atomic E-state index is 4.45. The predicted molar refractivity (Wildman–Crippen MR) is 74.5 cm³/mol. The number of nitrogens with zero attached hydrogens (tertiary/aromatic N) is 2. The second kappa shape index (κ2) is 5.83. The first kappa shape index (κ1) is 12.8. The molecule has 0 unspecified atom stereocenters. The Labute approximate surface area is 109 Å². The average Bonchev–Trinajstić information content (AvgIpc) is 2.77. The summed E-state index contributed by atoms with van der Waals surface area (Å²) in [6.45, 7) is 8.18. The Morgan fingerprint density at radius 2 is 2.11 bits per heavy atom. The normalized spacial score (nSPS) is 11.1. The van der Waals surface area contributed by atoms with Gasteiger partial charge in [-0.25, -0.2) is 0 Å². The first-order valence-corrected chi connectivity index (χ1v) is 6.44. The zero-order valence-corrected chi connectivity index (χ0v) is 11.4. The van der Waals surface area contributed by atoms with E-state index in [-0.39, 0.29) is 0 Å². The Hall–Kier alpha value is -1.61. The molecule has 2 rings (SSSR count). The molecule has 0 spiro atoms. The van der Waals surface area contributed by atoms with E-state index in [1.165, 1.54) is 11.3 Å². The van der Waals surface area contributed by atoms with Crippen LogP contribution in [0.15, 0.2) is 36.7 Å². The summed E-state index contributed by atoms with van der Waals surface area (Å²) in [5.41, 5.74) is 3.68. The molecule has 0 aliphatic carbocycles. The molecule has 0 saturated heterocycles. The topological polar surface area (TPSA) is 29.9 Å². The van der Waals surface area contributed by atoms with E-state index in [0.29, 0.717) is 6.04 Å². The molecular weight excluding hydrogens is 222 g/mol. The van der Waals surface area contributed by atoms with Crippen LogP contribution in [0.3, 0.4) is 0 Å². The third-order valence-electron chi connectivity index (χ3n) is 3.05. The van der Waals surface area contributed by atoms with Gasteiger partial charge in [0, 0.05) is 30.7 Å². The lowest BCUT2D eigenvalue weighted by atomic mass is 10.2. The number of nitrogens with one attached hydrogen (secondary N) is 1. The summed E-state index contributed by atoms with van der Waals surface area (Å²) in [4.78, 5) is 4.45. The number of aryl methyl sites for hydroxylation is 1. The number of rotatable bonds is 5. The van der Waals surface area contributed by atoms with E-state index in [2.05, 4.69) is 60.0 Å². The lowest BCUT2D eigenvalue weighted by Gasteiger charge is -2.12. The van der Waals surface area contributed by atoms with Crippen LogP contribution < -0.4 is 5.32 Å². The fourth-order valence-corrected chi connectivity index (χ4v) is 1.92. The van der Waals surface area contributed by atoms with E-state index in [9.17, 15) is 0 Å². The van der Waals surface area contributed by atoms with Crippen molar-refractivity contribution in [3.8, 4) is 0 Å². The quantitative estimate of drug-likeness (QED) is 0.875. The first-order valence-electron chi connectivity index (χ1n) is 6.44. The van der Waals surface area contributed by atoms with Crippen LogP contribution in [0.4, 0.5) is 0 Å². The van der Waals surface area contributed by atoms with Crippen molar-refractivity contribution in [3.05, 3.63) is 53.6 Å². The SMILES string of the molecule is Cc1cccnc1Cn1cccc1CNC(C)C. The zero-order chi connectivity index (χ0) is 13.0. The summed E-state index contributed by atoms with van der Waals surface area (Å²) in [6.07, 6.45) is 3.98. The lowest BCUT2D eigenvalue weighted by Crippen LogP contribution is -2.23. The summed E-state index contributed by atoms with van der Waals surface area (Å²) in [7, 11) is 0. The van der Waals surface area contributed by atoms with Gasteiger partial charge in [-0.15, -0.1) is 0 Å². The molecule has 2 aromatic rings. The fraction of sp³-hybridized carbons (Fsp3) is 0.400. The number of hydrogen-bond acceptors (Lipinski definition) is 2. The van der Waals surface area contributed by atoms with Gasteiger partial charge in [0.05, 0.1) is 12.2 Å². The van der Waals surface area contributed by atoms with Gasteiger partial charge in [0.25, 0.3) is 0 Å². The van der Waals surface area contributed by atoms with Gasteiger partial charge < -0.3 is 9.88 Å². The summed E-state index contributed by atoms with van der Waals surface area (Å²) in [5.74, 6) is 0. The van der Waals surface area contributed by atoms with E-state index < -0.39 is 0 Å². The van der Waals surface area contributed by atoms with Crippen LogP contribution in [0, 0.1) is 6.92 Å². The minimum atomic E-state index is 0.505. The van der Waals surface area contributed by atoms with E-state index in [1.54, 1.807) is 0 Å². The molecule has 96 valence electrons. The molecule has 2 aromatic heterocycles. The van der Waals surface area contributed by atoms with E-state index in [4.69, 9.17) is 0 Å². The number of hydrogen-bond donors (Lipinski definition) is 1. The van der Waals surface area contributed by atoms with Crippen molar-refractivity contribution in [1.29, 1.82) is 0 Å². The second-order valence-electron chi connectivity index (χ2n) is 4.93. The molecule has 0 bridgehead atoms. The van der Waals surface area contributed by atoms with Gasteiger partial charge in [0.2, 0.25) is 0 Å². The summed E-state index contributed by atoms with van der Waals surface area (Å²) in [6, 6.07) is 8.85. The Kier molecular flexibility index (Phi) is 4.15. The first-order chi connectivity index (χ1) is 8.66. The highest BCUT2D eigenvalue weighted by atomic mass is 15.0. The van der Waals surface area contributed by atoms with Gasteiger partial charge in [0.1, 0.15) is 0 Å². The van der Waals surface area contributed by atoms with E-state index >= 15 is 0 Å². The molecule has 1 N–H and O–H groups in total. The molecule has 0 fully saturated rings. The molecule has 2 heterocycles. The Balaban J connectivity index is 2.10. The highest BCUT2D eigenvalue weighted by molar-refractivity contribution is 5.19. The molecule has 0 aliphatic rings. The maximum Gasteiger partial charge on any atom is 0.0648 e. The minimum absolute atomic E-state index is 0.505. The van der Waals surface area contributed by atoms with Crippen molar-refractivity contribution in [2.45, 2.75) is 39.9 Å². The van der Waals surface area contributed by atoms with Gasteiger partial charge >= 0.3 is 0 Å². The molecule has 18 heavy (non-hydrogen) atoms. The molecule has 0 amide bonds. The summed E-state index contributed by atoms with van der Waals surface area (Å²) >= 11 is 0.